The lowest BCUT2D eigenvalue weighted by Crippen LogP contribution is -2.54. The van der Waals surface area contributed by atoms with E-state index in [2.05, 4.69) is 27.7 Å². The Labute approximate surface area is 216 Å². The minimum absolute atomic E-state index is 0.00206. The predicted octanol–water partition coefficient (Wildman–Crippen LogP) is 5.77. The Kier molecular flexibility index (Phi) is 6.60. The fraction of sp³-hybridized carbons (Fsp3) is 0.710. The van der Waals surface area contributed by atoms with Crippen LogP contribution in [0.15, 0.2) is 34.9 Å². The molecule has 1 saturated carbocycles. The lowest BCUT2D eigenvalue weighted by Gasteiger charge is -2.58. The van der Waals surface area contributed by atoms with Crippen molar-refractivity contribution in [2.24, 2.45) is 39.4 Å². The zero-order valence-electron chi connectivity index (χ0n) is 23.4. The molecule has 36 heavy (non-hydrogen) atoms. The summed E-state index contributed by atoms with van der Waals surface area (Å²) < 4.78 is 4.80. The maximum atomic E-state index is 14.0. The van der Waals surface area contributed by atoms with E-state index in [1.807, 2.05) is 26.0 Å². The molecule has 0 aromatic rings. The van der Waals surface area contributed by atoms with Crippen LogP contribution in [0.5, 0.6) is 0 Å². The van der Waals surface area contributed by atoms with Crippen LogP contribution in [-0.2, 0) is 19.1 Å². The van der Waals surface area contributed by atoms with Crippen LogP contribution in [0.4, 0.5) is 0 Å². The van der Waals surface area contributed by atoms with E-state index in [1.54, 1.807) is 13.0 Å². The van der Waals surface area contributed by atoms with Gasteiger partial charge in [0.15, 0.2) is 11.6 Å². The monoisotopic (exact) mass is 496 g/mol. The van der Waals surface area contributed by atoms with Gasteiger partial charge in [0.25, 0.3) is 0 Å². The van der Waals surface area contributed by atoms with Gasteiger partial charge < -0.3 is 9.84 Å². The van der Waals surface area contributed by atoms with E-state index in [0.29, 0.717) is 18.4 Å². The van der Waals surface area contributed by atoms with Crippen molar-refractivity contribution in [3.05, 3.63) is 34.9 Å². The van der Waals surface area contributed by atoms with Crippen LogP contribution in [0.1, 0.15) is 87.0 Å². The molecule has 4 rings (SSSR count). The minimum Gasteiger partial charge on any atom is -0.466 e. The molecule has 0 amide bonds. The number of hydrogen-bond acceptors (Lipinski definition) is 5. The van der Waals surface area contributed by atoms with Crippen LogP contribution in [0.3, 0.4) is 0 Å². The van der Waals surface area contributed by atoms with Gasteiger partial charge >= 0.3 is 5.97 Å². The Morgan fingerprint density at radius 3 is 2.53 bits per heavy atom. The van der Waals surface area contributed by atoms with E-state index < -0.39 is 16.9 Å². The summed E-state index contributed by atoms with van der Waals surface area (Å²) in [4.78, 5) is 38.5. The van der Waals surface area contributed by atoms with Gasteiger partial charge in [0.1, 0.15) is 0 Å². The Hall–Kier alpha value is -2.01. The molecule has 0 bridgehead atoms. The van der Waals surface area contributed by atoms with Crippen molar-refractivity contribution in [2.45, 2.75) is 93.1 Å². The first kappa shape index (κ1) is 27.0. The average Bonchev–Trinajstić information content (AvgIpc) is 3.00. The summed E-state index contributed by atoms with van der Waals surface area (Å²) in [5.74, 6) is 0.323. The lowest BCUT2D eigenvalue weighted by atomic mass is 9.44. The van der Waals surface area contributed by atoms with E-state index in [1.165, 1.54) is 12.7 Å². The molecule has 0 aromatic heterocycles. The average molecular weight is 497 g/mol. The van der Waals surface area contributed by atoms with Crippen LogP contribution in [0.2, 0.25) is 0 Å². The number of hydrogen-bond donors (Lipinski definition) is 1. The molecule has 1 fully saturated rings. The SMILES string of the molecule is COC(=O)C(C)=CCCC(C)C1C(O)CC2(C)C3=C(C(=O)CC12C)C1(C)C=CC(=O)C(C)(C)C1CC3. The first-order valence-electron chi connectivity index (χ1n) is 13.6. The number of aliphatic hydroxyl groups excluding tert-OH is 1. The number of aliphatic hydroxyl groups is 1. The molecule has 0 spiro atoms. The summed E-state index contributed by atoms with van der Waals surface area (Å²) in [5, 5.41) is 11.5. The van der Waals surface area contributed by atoms with Gasteiger partial charge in [-0.3, -0.25) is 9.59 Å². The van der Waals surface area contributed by atoms with E-state index in [9.17, 15) is 19.5 Å². The Bertz CT molecular complexity index is 1080. The molecule has 7 atom stereocenters. The van der Waals surface area contributed by atoms with Crippen LogP contribution >= 0.6 is 0 Å². The maximum Gasteiger partial charge on any atom is 0.333 e. The van der Waals surface area contributed by atoms with Gasteiger partial charge in [-0.1, -0.05) is 59.3 Å². The van der Waals surface area contributed by atoms with Crippen LogP contribution in [0, 0.1) is 39.4 Å². The number of ketones is 2. The van der Waals surface area contributed by atoms with E-state index >= 15 is 0 Å². The minimum atomic E-state index is -0.494. The Morgan fingerprint density at radius 1 is 1.22 bits per heavy atom. The first-order valence-corrected chi connectivity index (χ1v) is 13.6. The van der Waals surface area contributed by atoms with Crippen molar-refractivity contribution in [3.63, 3.8) is 0 Å². The van der Waals surface area contributed by atoms with Gasteiger partial charge in [-0.15, -0.1) is 0 Å². The highest BCUT2D eigenvalue weighted by Gasteiger charge is 2.67. The zero-order chi connectivity index (χ0) is 26.8. The zero-order valence-corrected chi connectivity index (χ0v) is 23.4. The van der Waals surface area contributed by atoms with Gasteiger partial charge in [-0.25, -0.2) is 4.79 Å². The maximum absolute atomic E-state index is 14.0. The third kappa shape index (κ3) is 3.63. The topological polar surface area (TPSA) is 80.7 Å². The van der Waals surface area contributed by atoms with E-state index in [4.69, 9.17) is 4.74 Å². The number of methoxy groups -OCH3 is 1. The summed E-state index contributed by atoms with van der Waals surface area (Å²) in [7, 11) is 1.39. The Balaban J connectivity index is 1.70. The fourth-order valence-electron chi connectivity index (χ4n) is 8.95. The van der Waals surface area contributed by atoms with Crippen LogP contribution < -0.4 is 0 Å². The van der Waals surface area contributed by atoms with Gasteiger partial charge in [-0.2, -0.15) is 0 Å². The molecule has 5 heteroatoms. The number of esters is 1. The van der Waals surface area contributed by atoms with Crippen LogP contribution in [0.25, 0.3) is 0 Å². The van der Waals surface area contributed by atoms with Crippen molar-refractivity contribution in [1.82, 2.24) is 0 Å². The second-order valence-electron chi connectivity index (χ2n) is 13.2. The number of rotatable bonds is 5. The van der Waals surface area contributed by atoms with Gasteiger partial charge in [0.05, 0.1) is 13.2 Å². The number of Topliss-reactive ketones (excluding diaryl/α,β-unsaturated/α-hetero) is 1. The molecule has 198 valence electrons. The molecule has 4 aliphatic carbocycles. The molecule has 1 N–H and O–H groups in total. The third-order valence-corrected chi connectivity index (χ3v) is 11.0. The smallest absolute Gasteiger partial charge is 0.333 e. The summed E-state index contributed by atoms with van der Waals surface area (Å²) in [6, 6.07) is 0. The van der Waals surface area contributed by atoms with Crippen molar-refractivity contribution >= 4 is 17.5 Å². The molecule has 0 radical (unpaired) electrons. The molecule has 4 aliphatic rings. The molecule has 7 unspecified atom stereocenters. The highest BCUT2D eigenvalue weighted by atomic mass is 16.5. The number of allylic oxidation sites excluding steroid dienone is 5. The number of fused-ring (bicyclic) bond motifs is 4. The summed E-state index contributed by atoms with van der Waals surface area (Å²) in [5.41, 5.74) is 1.21. The third-order valence-electron chi connectivity index (χ3n) is 11.0. The van der Waals surface area contributed by atoms with E-state index in [-0.39, 0.29) is 46.1 Å². The number of ether oxygens (including phenoxy) is 1. The van der Waals surface area contributed by atoms with Crippen molar-refractivity contribution in [2.75, 3.05) is 7.11 Å². The summed E-state index contributed by atoms with van der Waals surface area (Å²) in [6.07, 6.45) is 9.49. The molecule has 0 heterocycles. The molecule has 0 aliphatic heterocycles. The number of carbonyl (C=O) groups excluding carboxylic acids is 3. The standard InChI is InChI=1S/C31H44O5/c1-18(10-9-11-19(2)27(35)36-8)25-21(32)16-30(6)20-12-13-23-28(3,4)24(34)14-15-29(23,5)26(20)22(33)17-31(25,30)7/h11,14-15,18,21,23,25,32H,9-10,12-13,16-17H2,1-8H3. The summed E-state index contributed by atoms with van der Waals surface area (Å²) in [6.45, 7) is 14.6. The lowest BCUT2D eigenvalue weighted by molar-refractivity contribution is -0.136. The molecule has 0 saturated heterocycles. The van der Waals surface area contributed by atoms with Crippen molar-refractivity contribution in [1.29, 1.82) is 0 Å². The van der Waals surface area contributed by atoms with Crippen LogP contribution in [-0.4, -0.2) is 35.9 Å². The van der Waals surface area contributed by atoms with Gasteiger partial charge in [0.2, 0.25) is 0 Å². The predicted molar refractivity (Wildman–Crippen MR) is 140 cm³/mol. The Morgan fingerprint density at radius 2 is 1.89 bits per heavy atom. The normalized spacial score (nSPS) is 40.5. The number of carbonyl (C=O) groups is 3. The fourth-order valence-corrected chi connectivity index (χ4v) is 8.95. The summed E-state index contributed by atoms with van der Waals surface area (Å²) >= 11 is 0. The molecular formula is C31H44O5. The first-order chi connectivity index (χ1) is 16.6. The van der Waals surface area contributed by atoms with E-state index in [0.717, 1.165) is 31.3 Å². The largest absolute Gasteiger partial charge is 0.466 e. The highest BCUT2D eigenvalue weighted by molar-refractivity contribution is 6.02. The quantitative estimate of drug-likeness (QED) is 0.386. The molecular weight excluding hydrogens is 452 g/mol. The van der Waals surface area contributed by atoms with Crippen molar-refractivity contribution in [3.8, 4) is 0 Å². The van der Waals surface area contributed by atoms with Gasteiger partial charge in [-0.05, 0) is 73.7 Å². The second kappa shape index (κ2) is 8.79. The highest BCUT2D eigenvalue weighted by Crippen LogP contribution is 2.71. The molecule has 5 nitrogen and oxygen atoms in total. The van der Waals surface area contributed by atoms with Crippen molar-refractivity contribution < 1.29 is 24.2 Å². The second-order valence-corrected chi connectivity index (χ2v) is 13.2. The van der Waals surface area contributed by atoms with Gasteiger partial charge in [0, 0.05) is 28.4 Å². The molecule has 0 aromatic carbocycles.